The molecule has 0 aliphatic carbocycles. The predicted molar refractivity (Wildman–Crippen MR) is 79.2 cm³/mol. The second kappa shape index (κ2) is 5.26. The summed E-state index contributed by atoms with van der Waals surface area (Å²) >= 11 is 0. The molecule has 1 aromatic heterocycles. The number of piperidine rings is 1. The van der Waals surface area contributed by atoms with Crippen molar-refractivity contribution in [3.05, 3.63) is 28.2 Å². The minimum atomic E-state index is -0.197. The second-order valence-electron chi connectivity index (χ2n) is 6.22. The summed E-state index contributed by atoms with van der Waals surface area (Å²) in [4.78, 5) is 28.2. The van der Waals surface area contributed by atoms with Crippen LogP contribution in [0.4, 0.5) is 0 Å². The highest BCUT2D eigenvalue weighted by Gasteiger charge is 2.42. The van der Waals surface area contributed by atoms with Gasteiger partial charge in [-0.25, -0.2) is 4.68 Å². The number of carbonyl (C=O) groups excluding carboxylic acids is 1. The summed E-state index contributed by atoms with van der Waals surface area (Å²) in [5, 5.41) is 4.05. The maximum Gasteiger partial charge on any atom is 0.274 e. The van der Waals surface area contributed by atoms with Gasteiger partial charge in [0.05, 0.1) is 0 Å². The van der Waals surface area contributed by atoms with Crippen LogP contribution >= 0.6 is 0 Å². The van der Waals surface area contributed by atoms with E-state index >= 15 is 0 Å². The van der Waals surface area contributed by atoms with Crippen molar-refractivity contribution in [1.29, 1.82) is 0 Å². The first-order valence-electron chi connectivity index (χ1n) is 7.57. The number of nitrogens with zero attached hydrogens (tertiary/aromatic N) is 4. The van der Waals surface area contributed by atoms with Gasteiger partial charge in [-0.15, -0.1) is 0 Å². The molecule has 2 aliphatic rings. The normalized spacial score (nSPS) is 21.9. The van der Waals surface area contributed by atoms with Gasteiger partial charge >= 0.3 is 0 Å². The fraction of sp³-hybridized carbons (Fsp3) is 0.667. The first-order valence-corrected chi connectivity index (χ1v) is 7.57. The molecule has 0 atom stereocenters. The van der Waals surface area contributed by atoms with Crippen LogP contribution in [0.15, 0.2) is 16.9 Å². The Bertz CT molecular complexity index is 602. The van der Waals surface area contributed by atoms with Crippen LogP contribution in [0.5, 0.6) is 0 Å². The van der Waals surface area contributed by atoms with Crippen LogP contribution in [0.3, 0.4) is 0 Å². The van der Waals surface area contributed by atoms with Gasteiger partial charge in [-0.1, -0.05) is 0 Å². The number of amides is 1. The van der Waals surface area contributed by atoms with Gasteiger partial charge in [-0.3, -0.25) is 9.59 Å². The number of carbonyl (C=O) groups is 1. The number of rotatable bonds is 1. The highest BCUT2D eigenvalue weighted by Crippen LogP contribution is 2.37. The molecule has 114 valence electrons. The SMILES string of the molecule is CN1CCCC12CCN(C(=O)c1ccc(=O)n(C)n1)CC2. The Morgan fingerprint density at radius 1 is 1.14 bits per heavy atom. The van der Waals surface area contributed by atoms with E-state index in [4.69, 9.17) is 0 Å². The van der Waals surface area contributed by atoms with Gasteiger partial charge in [0.1, 0.15) is 5.69 Å². The van der Waals surface area contributed by atoms with Crippen molar-refractivity contribution in [2.45, 2.75) is 31.2 Å². The maximum absolute atomic E-state index is 12.5. The lowest BCUT2D eigenvalue weighted by Gasteiger charge is -2.43. The minimum Gasteiger partial charge on any atom is -0.337 e. The molecular formula is C15H22N4O2. The third kappa shape index (κ3) is 2.48. The molecule has 2 fully saturated rings. The third-order valence-electron chi connectivity index (χ3n) is 5.11. The zero-order chi connectivity index (χ0) is 15.0. The zero-order valence-electron chi connectivity index (χ0n) is 12.7. The van der Waals surface area contributed by atoms with Crippen molar-refractivity contribution in [2.24, 2.45) is 7.05 Å². The quantitative estimate of drug-likeness (QED) is 0.755. The van der Waals surface area contributed by atoms with Gasteiger partial charge in [0, 0.05) is 31.7 Å². The third-order valence-corrected chi connectivity index (χ3v) is 5.11. The van der Waals surface area contributed by atoms with Gasteiger partial charge in [0.15, 0.2) is 0 Å². The standard InChI is InChI=1S/C15H22N4O2/c1-17-9-3-6-15(17)7-10-19(11-8-15)14(21)12-4-5-13(20)18(2)16-12/h4-5H,3,6-11H2,1-2H3. The highest BCUT2D eigenvalue weighted by molar-refractivity contribution is 5.92. The molecule has 0 aromatic carbocycles. The van der Waals surface area contributed by atoms with Crippen molar-refractivity contribution in [3.8, 4) is 0 Å². The van der Waals surface area contributed by atoms with Crippen molar-refractivity contribution >= 4 is 5.91 Å². The van der Waals surface area contributed by atoms with Crippen molar-refractivity contribution in [3.63, 3.8) is 0 Å². The second-order valence-corrected chi connectivity index (χ2v) is 6.22. The lowest BCUT2D eigenvalue weighted by molar-refractivity contribution is 0.0485. The molecule has 0 radical (unpaired) electrons. The maximum atomic E-state index is 12.5. The first-order chi connectivity index (χ1) is 10.0. The Hall–Kier alpha value is -1.69. The number of hydrogen-bond acceptors (Lipinski definition) is 4. The summed E-state index contributed by atoms with van der Waals surface area (Å²) < 4.78 is 1.21. The molecule has 1 amide bonds. The van der Waals surface area contributed by atoms with Crippen molar-refractivity contribution in [1.82, 2.24) is 19.6 Å². The summed E-state index contributed by atoms with van der Waals surface area (Å²) in [5.74, 6) is -0.0684. The van der Waals surface area contributed by atoms with E-state index in [9.17, 15) is 9.59 Å². The molecule has 1 aromatic rings. The fourth-order valence-electron chi connectivity index (χ4n) is 3.61. The van der Waals surface area contributed by atoms with Crippen LogP contribution in [-0.2, 0) is 7.05 Å². The number of hydrogen-bond donors (Lipinski definition) is 0. The summed E-state index contributed by atoms with van der Waals surface area (Å²) in [6, 6.07) is 2.92. The van der Waals surface area contributed by atoms with Gasteiger partial charge in [-0.05, 0) is 45.3 Å². The Morgan fingerprint density at radius 2 is 1.86 bits per heavy atom. The molecule has 6 nitrogen and oxygen atoms in total. The van der Waals surface area contributed by atoms with Gasteiger partial charge in [0.25, 0.3) is 11.5 Å². The average molecular weight is 290 g/mol. The average Bonchev–Trinajstić information content (AvgIpc) is 2.83. The molecule has 3 rings (SSSR count). The van der Waals surface area contributed by atoms with Gasteiger partial charge < -0.3 is 9.80 Å². The summed E-state index contributed by atoms with van der Waals surface area (Å²) in [7, 11) is 3.76. The monoisotopic (exact) mass is 290 g/mol. The molecule has 6 heteroatoms. The van der Waals surface area contributed by atoms with Crippen molar-refractivity contribution in [2.75, 3.05) is 26.7 Å². The topological polar surface area (TPSA) is 58.4 Å². The molecule has 2 aliphatic heterocycles. The first kappa shape index (κ1) is 14.3. The number of aromatic nitrogens is 2. The Morgan fingerprint density at radius 3 is 2.43 bits per heavy atom. The Balaban J connectivity index is 1.70. The molecular weight excluding hydrogens is 268 g/mol. The van der Waals surface area contributed by atoms with Crippen LogP contribution in [0, 0.1) is 0 Å². The summed E-state index contributed by atoms with van der Waals surface area (Å²) in [5.41, 5.74) is 0.456. The minimum absolute atomic E-state index is 0.0684. The highest BCUT2D eigenvalue weighted by atomic mass is 16.2. The molecule has 2 saturated heterocycles. The Kier molecular flexibility index (Phi) is 3.57. The predicted octanol–water partition coefficient (Wildman–Crippen LogP) is 0.481. The van der Waals surface area contributed by atoms with Crippen LogP contribution in [0.2, 0.25) is 0 Å². The molecule has 0 N–H and O–H groups in total. The molecule has 3 heterocycles. The van der Waals surface area contributed by atoms with Crippen molar-refractivity contribution < 1.29 is 4.79 Å². The smallest absolute Gasteiger partial charge is 0.274 e. The van der Waals surface area contributed by atoms with Gasteiger partial charge in [0.2, 0.25) is 0 Å². The van der Waals surface area contributed by atoms with E-state index in [0.717, 1.165) is 32.5 Å². The summed E-state index contributed by atoms with van der Waals surface area (Å²) in [6.45, 7) is 2.71. The molecule has 1 spiro atoms. The van der Waals surface area contributed by atoms with Crippen LogP contribution in [0.1, 0.15) is 36.2 Å². The van der Waals surface area contributed by atoms with E-state index in [-0.39, 0.29) is 11.5 Å². The van der Waals surface area contributed by atoms with Crippen LogP contribution < -0.4 is 5.56 Å². The molecule has 0 bridgehead atoms. The van der Waals surface area contributed by atoms with Gasteiger partial charge in [-0.2, -0.15) is 5.10 Å². The Labute approximate surface area is 124 Å². The van der Waals surface area contributed by atoms with E-state index in [1.165, 1.54) is 29.7 Å². The molecule has 0 unspecified atom stereocenters. The number of likely N-dealkylation sites (tertiary alicyclic amines) is 2. The number of aryl methyl sites for hydroxylation is 1. The van der Waals surface area contributed by atoms with E-state index in [0.29, 0.717) is 11.2 Å². The van der Waals surface area contributed by atoms with E-state index in [1.54, 1.807) is 7.05 Å². The van der Waals surface area contributed by atoms with E-state index < -0.39 is 0 Å². The largest absolute Gasteiger partial charge is 0.337 e. The fourth-order valence-corrected chi connectivity index (χ4v) is 3.61. The van der Waals surface area contributed by atoms with Crippen LogP contribution in [0.25, 0.3) is 0 Å². The van der Waals surface area contributed by atoms with E-state index in [2.05, 4.69) is 17.0 Å². The molecule has 21 heavy (non-hydrogen) atoms. The van der Waals surface area contributed by atoms with E-state index in [1.807, 2.05) is 4.90 Å². The van der Waals surface area contributed by atoms with Crippen LogP contribution in [-0.4, -0.2) is 57.7 Å². The molecule has 0 saturated carbocycles. The lowest BCUT2D eigenvalue weighted by atomic mass is 9.85. The summed E-state index contributed by atoms with van der Waals surface area (Å²) in [6.07, 6.45) is 4.55. The lowest BCUT2D eigenvalue weighted by Crippen LogP contribution is -2.52. The zero-order valence-corrected chi connectivity index (χ0v) is 12.7.